The van der Waals surface area contributed by atoms with Crippen LogP contribution in [0.3, 0.4) is 0 Å². The average molecular weight is 391 g/mol. The molecule has 146 valence electrons. The van der Waals surface area contributed by atoms with Crippen molar-refractivity contribution >= 4 is 34.1 Å². The van der Waals surface area contributed by atoms with Gasteiger partial charge in [-0.3, -0.25) is 14.4 Å². The van der Waals surface area contributed by atoms with Crippen molar-refractivity contribution in [1.82, 2.24) is 0 Å². The molecule has 2 saturated carbocycles. The molecule has 0 spiro atoms. The molecule has 0 aromatic carbocycles. The maximum atomic E-state index is 13.0. The smallest absolute Gasteiger partial charge is 0.307 e. The van der Waals surface area contributed by atoms with E-state index in [-0.39, 0.29) is 17.7 Å². The zero-order valence-corrected chi connectivity index (χ0v) is 16.3. The van der Waals surface area contributed by atoms with Crippen LogP contribution < -0.4 is 11.1 Å². The maximum absolute atomic E-state index is 13.0. The summed E-state index contributed by atoms with van der Waals surface area (Å²) < 4.78 is 0. The second kappa shape index (κ2) is 6.93. The number of primary amides is 1. The molecule has 4 N–H and O–H groups in total. The monoisotopic (exact) mass is 390 g/mol. The Hall–Kier alpha value is -1.89. The van der Waals surface area contributed by atoms with E-state index in [0.717, 1.165) is 55.4 Å². The summed E-state index contributed by atoms with van der Waals surface area (Å²) in [7, 11) is 0. The summed E-state index contributed by atoms with van der Waals surface area (Å²) in [4.78, 5) is 37.9. The van der Waals surface area contributed by atoms with Gasteiger partial charge in [0.15, 0.2) is 0 Å². The van der Waals surface area contributed by atoms with Crippen molar-refractivity contribution < 1.29 is 19.5 Å². The van der Waals surface area contributed by atoms with Gasteiger partial charge in [-0.25, -0.2) is 0 Å². The molecule has 4 rings (SSSR count). The van der Waals surface area contributed by atoms with E-state index in [1.54, 1.807) is 0 Å². The van der Waals surface area contributed by atoms with Crippen molar-refractivity contribution in [3.8, 4) is 0 Å². The van der Waals surface area contributed by atoms with Crippen LogP contribution in [0.2, 0.25) is 0 Å². The third-order valence-electron chi connectivity index (χ3n) is 6.93. The number of carbonyl (C=O) groups excluding carboxylic acids is 2. The predicted molar refractivity (Wildman–Crippen MR) is 103 cm³/mol. The summed E-state index contributed by atoms with van der Waals surface area (Å²) in [6, 6.07) is 0. The largest absolute Gasteiger partial charge is 0.481 e. The van der Waals surface area contributed by atoms with Crippen molar-refractivity contribution in [3.63, 3.8) is 0 Å². The van der Waals surface area contributed by atoms with Gasteiger partial charge in [-0.15, -0.1) is 11.3 Å². The van der Waals surface area contributed by atoms with Gasteiger partial charge in [0, 0.05) is 4.88 Å². The van der Waals surface area contributed by atoms with E-state index in [4.69, 9.17) is 5.73 Å². The van der Waals surface area contributed by atoms with Crippen molar-refractivity contribution in [3.05, 3.63) is 16.0 Å². The Morgan fingerprint density at radius 3 is 2.52 bits per heavy atom. The summed E-state index contributed by atoms with van der Waals surface area (Å²) in [6.45, 7) is 2.17. The SMILES string of the molecule is CC[C@@H]1CCc2c(sc(NC(=O)[C@H]3[C@@H]4CC[C@H](C4)[C@@H]3C(=O)O)c2C(N)=O)C1. The Labute approximate surface area is 162 Å². The number of thiophene rings is 1. The molecule has 2 fully saturated rings. The van der Waals surface area contributed by atoms with Crippen molar-refractivity contribution in [1.29, 1.82) is 0 Å². The molecule has 27 heavy (non-hydrogen) atoms. The summed E-state index contributed by atoms with van der Waals surface area (Å²) in [5.74, 6) is -1.95. The number of fused-ring (bicyclic) bond motifs is 3. The normalized spacial score (nSPS) is 31.5. The lowest BCUT2D eigenvalue weighted by atomic mass is 9.78. The molecule has 0 unspecified atom stereocenters. The number of hydrogen-bond acceptors (Lipinski definition) is 4. The van der Waals surface area contributed by atoms with E-state index < -0.39 is 23.7 Å². The van der Waals surface area contributed by atoms with Gasteiger partial charge in [-0.05, 0) is 61.8 Å². The van der Waals surface area contributed by atoms with Gasteiger partial charge < -0.3 is 16.2 Å². The maximum Gasteiger partial charge on any atom is 0.307 e. The number of amides is 2. The highest BCUT2D eigenvalue weighted by molar-refractivity contribution is 7.17. The number of nitrogens with one attached hydrogen (secondary N) is 1. The van der Waals surface area contributed by atoms with Crippen LogP contribution in [0.15, 0.2) is 0 Å². The first kappa shape index (κ1) is 18.5. The quantitative estimate of drug-likeness (QED) is 0.718. The van der Waals surface area contributed by atoms with Crippen LogP contribution in [-0.2, 0) is 22.4 Å². The number of carbonyl (C=O) groups is 3. The van der Waals surface area contributed by atoms with Crippen LogP contribution in [0.4, 0.5) is 5.00 Å². The first-order valence-corrected chi connectivity index (χ1v) is 10.7. The molecule has 5 atom stereocenters. The highest BCUT2D eigenvalue weighted by Gasteiger charge is 2.54. The topological polar surface area (TPSA) is 109 Å². The predicted octanol–water partition coefficient (Wildman–Crippen LogP) is 3.05. The molecular weight excluding hydrogens is 364 g/mol. The van der Waals surface area contributed by atoms with E-state index in [0.29, 0.717) is 16.5 Å². The number of nitrogens with two attached hydrogens (primary N) is 1. The fourth-order valence-corrected chi connectivity index (χ4v) is 6.94. The van der Waals surface area contributed by atoms with Crippen LogP contribution in [-0.4, -0.2) is 22.9 Å². The summed E-state index contributed by atoms with van der Waals surface area (Å²) in [5, 5.41) is 13.0. The Morgan fingerprint density at radius 1 is 1.19 bits per heavy atom. The lowest BCUT2D eigenvalue weighted by Gasteiger charge is -2.26. The minimum absolute atomic E-state index is 0.0979. The minimum atomic E-state index is -0.881. The van der Waals surface area contributed by atoms with Crippen LogP contribution in [0.25, 0.3) is 0 Å². The number of carboxylic acid groups (broad SMARTS) is 1. The Kier molecular flexibility index (Phi) is 4.74. The van der Waals surface area contributed by atoms with Crippen LogP contribution in [0, 0.1) is 29.6 Å². The fraction of sp³-hybridized carbons (Fsp3) is 0.650. The highest BCUT2D eigenvalue weighted by Crippen LogP contribution is 2.53. The molecular formula is C20H26N2O4S. The summed E-state index contributed by atoms with van der Waals surface area (Å²) in [6.07, 6.45) is 6.47. The molecule has 1 heterocycles. The molecule has 0 saturated heterocycles. The number of aliphatic carboxylic acids is 1. The van der Waals surface area contributed by atoms with E-state index >= 15 is 0 Å². The van der Waals surface area contributed by atoms with Crippen molar-refractivity contribution in [2.75, 3.05) is 5.32 Å². The molecule has 6 nitrogen and oxygen atoms in total. The van der Waals surface area contributed by atoms with Crippen LogP contribution in [0.5, 0.6) is 0 Å². The summed E-state index contributed by atoms with van der Waals surface area (Å²) in [5.41, 5.74) is 7.06. The number of rotatable bonds is 5. The van der Waals surface area contributed by atoms with Gasteiger partial charge in [0.05, 0.1) is 17.4 Å². The first-order valence-electron chi connectivity index (χ1n) is 9.88. The molecule has 0 aliphatic heterocycles. The van der Waals surface area contributed by atoms with Crippen molar-refractivity contribution in [2.45, 2.75) is 51.9 Å². The molecule has 3 aliphatic rings. The Balaban J connectivity index is 1.61. The standard InChI is InChI=1S/C20H26N2O4S/c1-2-9-3-6-12-13(7-9)27-19(16(12)17(21)23)22-18(24)14-10-4-5-11(8-10)15(14)20(25)26/h9-11,14-15H,2-8H2,1H3,(H2,21,23)(H,22,24)(H,25,26)/t9-,10-,11-,14+,15+/m1/s1. The van der Waals surface area contributed by atoms with Gasteiger partial charge in [-0.2, -0.15) is 0 Å². The zero-order valence-electron chi connectivity index (χ0n) is 15.5. The zero-order chi connectivity index (χ0) is 19.3. The van der Waals surface area contributed by atoms with E-state index in [1.807, 2.05) is 0 Å². The highest BCUT2D eigenvalue weighted by atomic mass is 32.1. The van der Waals surface area contributed by atoms with Gasteiger partial charge in [0.1, 0.15) is 5.00 Å². The Morgan fingerprint density at radius 2 is 1.89 bits per heavy atom. The lowest BCUT2D eigenvalue weighted by Crippen LogP contribution is -2.38. The van der Waals surface area contributed by atoms with E-state index in [2.05, 4.69) is 12.2 Å². The fourth-order valence-electron chi connectivity index (χ4n) is 5.57. The number of carboxylic acids is 1. The van der Waals surface area contributed by atoms with Crippen molar-refractivity contribution in [2.24, 2.45) is 35.3 Å². The number of anilines is 1. The van der Waals surface area contributed by atoms with Crippen LogP contribution >= 0.6 is 11.3 Å². The third kappa shape index (κ3) is 3.06. The van der Waals surface area contributed by atoms with Gasteiger partial charge in [0.2, 0.25) is 5.91 Å². The third-order valence-corrected chi connectivity index (χ3v) is 8.10. The van der Waals surface area contributed by atoms with Crippen LogP contribution in [0.1, 0.15) is 59.8 Å². The second-order valence-electron chi connectivity index (χ2n) is 8.30. The first-order chi connectivity index (χ1) is 12.9. The molecule has 1 aromatic rings. The second-order valence-corrected chi connectivity index (χ2v) is 9.41. The lowest BCUT2D eigenvalue weighted by molar-refractivity contribution is -0.148. The molecule has 2 amide bonds. The molecule has 3 aliphatic carbocycles. The van der Waals surface area contributed by atoms with Gasteiger partial charge >= 0.3 is 5.97 Å². The molecule has 2 bridgehead atoms. The molecule has 7 heteroatoms. The van der Waals surface area contributed by atoms with E-state index in [9.17, 15) is 19.5 Å². The summed E-state index contributed by atoms with van der Waals surface area (Å²) >= 11 is 1.45. The van der Waals surface area contributed by atoms with Gasteiger partial charge in [-0.1, -0.05) is 13.3 Å². The van der Waals surface area contributed by atoms with E-state index in [1.165, 1.54) is 11.3 Å². The average Bonchev–Trinajstić information content (AvgIpc) is 3.32. The van der Waals surface area contributed by atoms with Gasteiger partial charge in [0.25, 0.3) is 5.91 Å². The molecule has 1 aromatic heterocycles. The molecule has 0 radical (unpaired) electrons. The minimum Gasteiger partial charge on any atom is -0.481 e. The Bertz CT molecular complexity index is 802. The number of hydrogen-bond donors (Lipinski definition) is 3.